The van der Waals surface area contributed by atoms with Gasteiger partial charge in [0.2, 0.25) is 0 Å². The predicted octanol–water partition coefficient (Wildman–Crippen LogP) is 4.20. The summed E-state index contributed by atoms with van der Waals surface area (Å²) < 4.78 is 6.57. The number of rotatable bonds is 10. The molecule has 1 atom stereocenters. The van der Waals surface area contributed by atoms with E-state index >= 15 is 0 Å². The number of quaternary nitrogens is 1. The van der Waals surface area contributed by atoms with Crippen molar-refractivity contribution in [3.05, 3.63) is 35.4 Å². The van der Waals surface area contributed by atoms with Gasteiger partial charge in [-0.25, -0.2) is 4.79 Å². The molecule has 0 N–H and O–H groups in total. The summed E-state index contributed by atoms with van der Waals surface area (Å²) in [7, 11) is 0. The SMILES string of the molecule is CCCC[N+](CC)(CCC)CCOC(=O)c1cccc(C)c1. The van der Waals surface area contributed by atoms with Crippen LogP contribution in [0.4, 0.5) is 0 Å². The molecular formula is C19H32NO2+. The average molecular weight is 306 g/mol. The summed E-state index contributed by atoms with van der Waals surface area (Å²) in [6, 6.07) is 7.59. The Kier molecular flexibility index (Phi) is 8.18. The van der Waals surface area contributed by atoms with Crippen molar-refractivity contribution >= 4 is 5.97 Å². The molecule has 0 spiro atoms. The first-order valence-electron chi connectivity index (χ1n) is 8.65. The molecule has 0 radical (unpaired) electrons. The van der Waals surface area contributed by atoms with Gasteiger partial charge in [0, 0.05) is 0 Å². The Morgan fingerprint density at radius 3 is 2.45 bits per heavy atom. The van der Waals surface area contributed by atoms with Gasteiger partial charge in [0.05, 0.1) is 25.2 Å². The van der Waals surface area contributed by atoms with E-state index < -0.39 is 0 Å². The second kappa shape index (κ2) is 9.62. The monoisotopic (exact) mass is 306 g/mol. The number of esters is 1. The highest BCUT2D eigenvalue weighted by molar-refractivity contribution is 5.89. The Balaban J connectivity index is 2.56. The summed E-state index contributed by atoms with van der Waals surface area (Å²) in [4.78, 5) is 12.1. The fraction of sp³-hybridized carbons (Fsp3) is 0.632. The van der Waals surface area contributed by atoms with Crippen molar-refractivity contribution in [2.24, 2.45) is 0 Å². The number of nitrogens with zero attached hydrogens (tertiary/aromatic N) is 1. The molecule has 0 aliphatic carbocycles. The highest BCUT2D eigenvalue weighted by Crippen LogP contribution is 2.12. The molecule has 0 aliphatic rings. The second-order valence-electron chi connectivity index (χ2n) is 6.19. The number of likely N-dealkylation sites (N-methyl/N-ethyl adjacent to an activating group) is 1. The van der Waals surface area contributed by atoms with Gasteiger partial charge in [-0.1, -0.05) is 38.0 Å². The Labute approximate surface area is 135 Å². The lowest BCUT2D eigenvalue weighted by Crippen LogP contribution is -2.51. The quantitative estimate of drug-likeness (QED) is 0.478. The van der Waals surface area contributed by atoms with Crippen molar-refractivity contribution in [2.75, 3.05) is 32.8 Å². The molecule has 1 unspecified atom stereocenters. The normalized spacial score (nSPS) is 13.6. The zero-order chi connectivity index (χ0) is 16.4. The fourth-order valence-corrected chi connectivity index (χ4v) is 2.96. The molecular weight excluding hydrogens is 274 g/mol. The van der Waals surface area contributed by atoms with Gasteiger partial charge in [0.1, 0.15) is 13.2 Å². The maximum atomic E-state index is 12.1. The van der Waals surface area contributed by atoms with Gasteiger partial charge in [-0.3, -0.25) is 0 Å². The lowest BCUT2D eigenvalue weighted by molar-refractivity contribution is -0.926. The van der Waals surface area contributed by atoms with Crippen LogP contribution >= 0.6 is 0 Å². The number of aryl methyl sites for hydroxylation is 1. The maximum absolute atomic E-state index is 12.1. The summed E-state index contributed by atoms with van der Waals surface area (Å²) >= 11 is 0. The number of benzene rings is 1. The Morgan fingerprint density at radius 2 is 1.86 bits per heavy atom. The molecule has 0 aromatic heterocycles. The van der Waals surface area contributed by atoms with Crippen LogP contribution in [-0.2, 0) is 4.74 Å². The van der Waals surface area contributed by atoms with E-state index in [2.05, 4.69) is 20.8 Å². The van der Waals surface area contributed by atoms with Crippen molar-refractivity contribution in [2.45, 2.75) is 47.0 Å². The van der Waals surface area contributed by atoms with E-state index in [0.29, 0.717) is 12.2 Å². The van der Waals surface area contributed by atoms with E-state index in [0.717, 1.165) is 23.1 Å². The van der Waals surface area contributed by atoms with Crippen molar-refractivity contribution < 1.29 is 14.0 Å². The lowest BCUT2D eigenvalue weighted by atomic mass is 10.1. The minimum Gasteiger partial charge on any atom is -0.456 e. The van der Waals surface area contributed by atoms with E-state index in [9.17, 15) is 4.79 Å². The highest BCUT2D eigenvalue weighted by Gasteiger charge is 2.24. The zero-order valence-corrected chi connectivity index (χ0v) is 14.7. The number of ether oxygens (including phenoxy) is 1. The first-order valence-corrected chi connectivity index (χ1v) is 8.65. The minimum absolute atomic E-state index is 0.204. The summed E-state index contributed by atoms with van der Waals surface area (Å²) in [5, 5.41) is 0. The Hall–Kier alpha value is -1.35. The van der Waals surface area contributed by atoms with Crippen LogP contribution in [0, 0.1) is 6.92 Å². The molecule has 0 saturated carbocycles. The number of carbonyl (C=O) groups is 1. The molecule has 1 aromatic rings. The Morgan fingerprint density at radius 1 is 1.09 bits per heavy atom. The van der Waals surface area contributed by atoms with Gasteiger partial charge in [-0.15, -0.1) is 0 Å². The molecule has 124 valence electrons. The number of hydrogen-bond acceptors (Lipinski definition) is 2. The van der Waals surface area contributed by atoms with Crippen LogP contribution in [0.25, 0.3) is 0 Å². The van der Waals surface area contributed by atoms with Crippen molar-refractivity contribution in [3.63, 3.8) is 0 Å². The fourth-order valence-electron chi connectivity index (χ4n) is 2.96. The summed E-state index contributed by atoms with van der Waals surface area (Å²) in [6.45, 7) is 13.6. The average Bonchev–Trinajstić information content (AvgIpc) is 2.52. The van der Waals surface area contributed by atoms with Gasteiger partial charge < -0.3 is 9.22 Å². The van der Waals surface area contributed by atoms with Gasteiger partial charge in [-0.2, -0.15) is 0 Å². The molecule has 1 rings (SSSR count). The standard InChI is InChI=1S/C19H32NO2/c1-5-8-13-20(7-3,12-6-2)14-15-22-19(21)18-11-9-10-17(4)16-18/h9-11,16H,5-8,12-15H2,1-4H3/q+1. The molecule has 3 heteroatoms. The lowest BCUT2D eigenvalue weighted by Gasteiger charge is -2.37. The minimum atomic E-state index is -0.204. The molecule has 0 fully saturated rings. The van der Waals surface area contributed by atoms with Crippen molar-refractivity contribution in [1.82, 2.24) is 0 Å². The number of hydrogen-bond donors (Lipinski definition) is 0. The molecule has 0 aliphatic heterocycles. The van der Waals surface area contributed by atoms with Crippen molar-refractivity contribution in [1.29, 1.82) is 0 Å². The first kappa shape index (κ1) is 18.7. The van der Waals surface area contributed by atoms with Crippen LogP contribution in [0.15, 0.2) is 24.3 Å². The smallest absolute Gasteiger partial charge is 0.338 e. The number of carbonyl (C=O) groups excluding carboxylic acids is 1. The molecule has 22 heavy (non-hydrogen) atoms. The summed E-state index contributed by atoms with van der Waals surface area (Å²) in [5.41, 5.74) is 1.74. The van der Waals surface area contributed by atoms with Crippen LogP contribution in [0.3, 0.4) is 0 Å². The molecule has 3 nitrogen and oxygen atoms in total. The van der Waals surface area contributed by atoms with E-state index in [-0.39, 0.29) is 5.97 Å². The van der Waals surface area contributed by atoms with Crippen LogP contribution in [-0.4, -0.2) is 43.2 Å². The molecule has 0 heterocycles. The highest BCUT2D eigenvalue weighted by atomic mass is 16.5. The van der Waals surface area contributed by atoms with Crippen LogP contribution in [0.5, 0.6) is 0 Å². The van der Waals surface area contributed by atoms with E-state index in [1.54, 1.807) is 0 Å². The number of unbranched alkanes of at least 4 members (excludes halogenated alkanes) is 1. The third-order valence-electron chi connectivity index (χ3n) is 4.41. The summed E-state index contributed by atoms with van der Waals surface area (Å²) in [5.74, 6) is -0.204. The molecule has 0 bridgehead atoms. The van der Waals surface area contributed by atoms with Gasteiger partial charge in [0.15, 0.2) is 0 Å². The van der Waals surface area contributed by atoms with Crippen LogP contribution in [0.2, 0.25) is 0 Å². The third-order valence-corrected chi connectivity index (χ3v) is 4.41. The van der Waals surface area contributed by atoms with E-state index in [1.807, 2.05) is 31.2 Å². The van der Waals surface area contributed by atoms with Crippen LogP contribution in [0.1, 0.15) is 56.0 Å². The molecule has 1 aromatic carbocycles. The largest absolute Gasteiger partial charge is 0.456 e. The topological polar surface area (TPSA) is 26.3 Å². The Bertz CT molecular complexity index is 459. The van der Waals surface area contributed by atoms with E-state index in [1.165, 1.54) is 32.4 Å². The zero-order valence-electron chi connectivity index (χ0n) is 14.7. The molecule has 0 amide bonds. The third kappa shape index (κ3) is 5.80. The van der Waals surface area contributed by atoms with Crippen LogP contribution < -0.4 is 0 Å². The second-order valence-corrected chi connectivity index (χ2v) is 6.19. The first-order chi connectivity index (χ1) is 10.6. The molecule has 0 saturated heterocycles. The van der Waals surface area contributed by atoms with Gasteiger partial charge >= 0.3 is 5.97 Å². The van der Waals surface area contributed by atoms with Crippen molar-refractivity contribution in [3.8, 4) is 0 Å². The van der Waals surface area contributed by atoms with Gasteiger partial charge in [0.25, 0.3) is 0 Å². The van der Waals surface area contributed by atoms with E-state index in [4.69, 9.17) is 4.74 Å². The van der Waals surface area contributed by atoms with Gasteiger partial charge in [-0.05, 0) is 38.8 Å². The summed E-state index contributed by atoms with van der Waals surface area (Å²) in [6.07, 6.45) is 3.62. The predicted molar refractivity (Wildman–Crippen MR) is 92.1 cm³/mol. The maximum Gasteiger partial charge on any atom is 0.338 e.